The molecule has 2 aromatic carbocycles. The van der Waals surface area contributed by atoms with Gasteiger partial charge in [-0.1, -0.05) is 23.7 Å². The number of alkyl halides is 3. The third-order valence-corrected chi connectivity index (χ3v) is 3.00. The van der Waals surface area contributed by atoms with Gasteiger partial charge in [-0.05, 0) is 35.9 Å². The first-order valence-electron chi connectivity index (χ1n) is 5.82. The van der Waals surface area contributed by atoms with Crippen LogP contribution in [0.25, 0.3) is 0 Å². The smallest absolute Gasteiger partial charge is 0.406 e. The molecule has 0 radical (unpaired) electrons. The van der Waals surface area contributed by atoms with Crippen molar-refractivity contribution in [2.75, 3.05) is 0 Å². The molecule has 2 aromatic rings. The lowest BCUT2D eigenvalue weighted by Crippen LogP contribution is -2.17. The third-order valence-electron chi connectivity index (χ3n) is 2.77. The van der Waals surface area contributed by atoms with Crippen LogP contribution < -0.4 is 10.5 Å². The molecule has 0 fully saturated rings. The molecule has 0 aliphatic heterocycles. The Bertz CT molecular complexity index is 632. The maximum absolute atomic E-state index is 13.7. The maximum Gasteiger partial charge on any atom is 0.573 e. The summed E-state index contributed by atoms with van der Waals surface area (Å²) in [6, 6.07) is 8.01. The summed E-state index contributed by atoms with van der Waals surface area (Å²) in [5, 5.41) is 0.318. The monoisotopic (exact) mass is 355 g/mol. The highest BCUT2D eigenvalue weighted by Crippen LogP contribution is 2.28. The lowest BCUT2D eigenvalue weighted by Gasteiger charge is -2.15. The van der Waals surface area contributed by atoms with Gasteiger partial charge in [0.2, 0.25) is 0 Å². The van der Waals surface area contributed by atoms with Gasteiger partial charge in [0.05, 0.1) is 6.04 Å². The molecule has 2 rings (SSSR count). The summed E-state index contributed by atoms with van der Waals surface area (Å²) in [5.41, 5.74) is 6.50. The summed E-state index contributed by atoms with van der Waals surface area (Å²) in [6.07, 6.45) is -4.76. The lowest BCUT2D eigenvalue weighted by molar-refractivity contribution is -0.274. The molecule has 0 unspecified atom stereocenters. The first kappa shape index (κ1) is 18.5. The molecule has 2 N–H and O–H groups in total. The summed E-state index contributed by atoms with van der Waals surface area (Å²) in [4.78, 5) is 0. The van der Waals surface area contributed by atoms with Crippen molar-refractivity contribution in [3.8, 4) is 5.75 Å². The number of nitrogens with two attached hydrogens (primary N) is 1. The predicted molar refractivity (Wildman–Crippen MR) is 77.8 cm³/mol. The van der Waals surface area contributed by atoms with Crippen molar-refractivity contribution in [3.05, 3.63) is 64.4 Å². The van der Waals surface area contributed by atoms with E-state index in [9.17, 15) is 17.6 Å². The van der Waals surface area contributed by atoms with E-state index in [1.54, 1.807) is 0 Å². The molecule has 0 spiro atoms. The maximum atomic E-state index is 13.7. The molecule has 0 saturated carbocycles. The van der Waals surface area contributed by atoms with E-state index in [-0.39, 0.29) is 23.7 Å². The van der Waals surface area contributed by atoms with Crippen molar-refractivity contribution in [2.24, 2.45) is 5.73 Å². The van der Waals surface area contributed by atoms with Crippen molar-refractivity contribution < 1.29 is 22.3 Å². The van der Waals surface area contributed by atoms with Gasteiger partial charge in [-0.25, -0.2) is 4.39 Å². The van der Waals surface area contributed by atoms with Crippen LogP contribution >= 0.6 is 24.0 Å². The zero-order chi connectivity index (χ0) is 15.6. The molecule has 8 heteroatoms. The fourth-order valence-corrected chi connectivity index (χ4v) is 1.99. The van der Waals surface area contributed by atoms with Crippen LogP contribution in [0.2, 0.25) is 5.02 Å². The van der Waals surface area contributed by atoms with Crippen LogP contribution in [-0.4, -0.2) is 6.36 Å². The highest BCUT2D eigenvalue weighted by Gasteiger charge is 2.31. The van der Waals surface area contributed by atoms with Gasteiger partial charge in [-0.2, -0.15) is 0 Å². The molecule has 1 atom stereocenters. The van der Waals surface area contributed by atoms with Crippen molar-refractivity contribution in [2.45, 2.75) is 12.4 Å². The molecular weight excluding hydrogens is 345 g/mol. The van der Waals surface area contributed by atoms with Gasteiger partial charge in [0, 0.05) is 10.6 Å². The molecule has 2 nitrogen and oxygen atoms in total. The van der Waals surface area contributed by atoms with Crippen LogP contribution in [0.5, 0.6) is 5.75 Å². The van der Waals surface area contributed by atoms with Crippen molar-refractivity contribution in [1.29, 1.82) is 0 Å². The Morgan fingerprint density at radius 3 is 2.18 bits per heavy atom. The van der Waals surface area contributed by atoms with Gasteiger partial charge >= 0.3 is 6.36 Å². The fourth-order valence-electron chi connectivity index (χ4n) is 1.81. The Morgan fingerprint density at radius 2 is 1.64 bits per heavy atom. The normalized spacial score (nSPS) is 12.5. The second-order valence-corrected chi connectivity index (χ2v) is 4.70. The number of hydrogen-bond acceptors (Lipinski definition) is 2. The molecule has 0 saturated heterocycles. The van der Waals surface area contributed by atoms with Crippen molar-refractivity contribution in [1.82, 2.24) is 0 Å². The highest BCUT2D eigenvalue weighted by molar-refractivity contribution is 6.30. The minimum absolute atomic E-state index is 0. The van der Waals surface area contributed by atoms with E-state index >= 15 is 0 Å². The summed E-state index contributed by atoms with van der Waals surface area (Å²) in [5.74, 6) is -0.910. The van der Waals surface area contributed by atoms with Crippen molar-refractivity contribution >= 4 is 24.0 Å². The average Bonchev–Trinajstić information content (AvgIpc) is 2.40. The quantitative estimate of drug-likeness (QED) is 0.799. The van der Waals surface area contributed by atoms with Crippen LogP contribution in [0.15, 0.2) is 42.5 Å². The summed E-state index contributed by atoms with van der Waals surface area (Å²) in [6.45, 7) is 0. The lowest BCUT2D eigenvalue weighted by atomic mass is 9.99. The Hall–Kier alpha value is -1.50. The molecule has 0 bridgehead atoms. The Morgan fingerprint density at radius 1 is 1.05 bits per heavy atom. The van der Waals surface area contributed by atoms with Gasteiger partial charge in [0.1, 0.15) is 11.6 Å². The van der Waals surface area contributed by atoms with Crippen molar-refractivity contribution in [3.63, 3.8) is 0 Å². The van der Waals surface area contributed by atoms with E-state index in [1.165, 1.54) is 30.3 Å². The van der Waals surface area contributed by atoms with E-state index in [2.05, 4.69) is 4.74 Å². The number of ether oxygens (including phenoxy) is 1. The van der Waals surface area contributed by atoms with Crippen LogP contribution in [0, 0.1) is 5.82 Å². The van der Waals surface area contributed by atoms with Gasteiger partial charge in [-0.3, -0.25) is 0 Å². The molecule has 0 heterocycles. The largest absolute Gasteiger partial charge is 0.573 e. The van der Waals surface area contributed by atoms with Crippen LogP contribution in [-0.2, 0) is 0 Å². The number of benzene rings is 2. The first-order valence-corrected chi connectivity index (χ1v) is 6.20. The van der Waals surface area contributed by atoms with E-state index in [0.717, 1.165) is 12.1 Å². The molecular formula is C14H11Cl2F4NO. The topological polar surface area (TPSA) is 35.2 Å². The molecule has 0 amide bonds. The van der Waals surface area contributed by atoms with E-state index in [1.807, 2.05) is 0 Å². The SMILES string of the molecule is Cl.N[C@H](c1ccc(OC(F)(F)F)cc1)c1cc(Cl)ccc1F. The van der Waals surface area contributed by atoms with Gasteiger partial charge in [0.25, 0.3) is 0 Å². The van der Waals surface area contributed by atoms with Crippen LogP contribution in [0.1, 0.15) is 17.2 Å². The first-order chi connectivity index (χ1) is 9.76. The van der Waals surface area contributed by atoms with Crippen LogP contribution in [0.3, 0.4) is 0 Å². The summed E-state index contributed by atoms with van der Waals surface area (Å²) >= 11 is 5.78. The zero-order valence-electron chi connectivity index (χ0n) is 10.9. The standard InChI is InChI=1S/C14H10ClF4NO.ClH/c15-9-3-6-12(16)11(7-9)13(20)8-1-4-10(5-2-8)21-14(17,18)19;/h1-7,13H,20H2;1H/t13-;/m1./s1. The van der Waals surface area contributed by atoms with E-state index in [4.69, 9.17) is 17.3 Å². The predicted octanol–water partition coefficient (Wildman–Crippen LogP) is 4.85. The number of hydrogen-bond donors (Lipinski definition) is 1. The summed E-state index contributed by atoms with van der Waals surface area (Å²) in [7, 11) is 0. The van der Waals surface area contributed by atoms with Gasteiger partial charge < -0.3 is 10.5 Å². The zero-order valence-corrected chi connectivity index (χ0v) is 12.5. The molecule has 22 heavy (non-hydrogen) atoms. The second-order valence-electron chi connectivity index (χ2n) is 4.26. The second kappa shape index (κ2) is 7.17. The minimum Gasteiger partial charge on any atom is -0.406 e. The van der Waals surface area contributed by atoms with E-state index < -0.39 is 18.2 Å². The Kier molecular flexibility index (Phi) is 6.05. The molecule has 0 aromatic heterocycles. The number of rotatable bonds is 3. The fraction of sp³-hybridized carbons (Fsp3) is 0.143. The van der Waals surface area contributed by atoms with Crippen LogP contribution in [0.4, 0.5) is 17.6 Å². The van der Waals surface area contributed by atoms with Gasteiger partial charge in [-0.15, -0.1) is 25.6 Å². The Balaban J connectivity index is 0.00000242. The Labute approximate surface area is 135 Å². The van der Waals surface area contributed by atoms with E-state index in [0.29, 0.717) is 10.6 Å². The molecule has 0 aliphatic rings. The third kappa shape index (κ3) is 4.76. The average molecular weight is 356 g/mol. The van der Waals surface area contributed by atoms with Gasteiger partial charge in [0.15, 0.2) is 0 Å². The number of halogens is 6. The molecule has 120 valence electrons. The molecule has 0 aliphatic carbocycles. The summed E-state index contributed by atoms with van der Waals surface area (Å²) < 4.78 is 53.6. The highest BCUT2D eigenvalue weighted by atomic mass is 35.5. The minimum atomic E-state index is -4.76.